The minimum absolute atomic E-state index is 0.0316. The quantitative estimate of drug-likeness (QED) is 0.824. The molecule has 17 heavy (non-hydrogen) atoms. The Morgan fingerprint density at radius 1 is 1.41 bits per heavy atom. The third-order valence-electron chi connectivity index (χ3n) is 3.63. The molecular formula is C14H20FNO. The summed E-state index contributed by atoms with van der Waals surface area (Å²) < 4.78 is 12.9. The Hall–Kier alpha value is -1.09. The zero-order chi connectivity index (χ0) is 12.4. The number of benzene rings is 1. The number of rotatable bonds is 5. The molecule has 3 heteroatoms. The SMILES string of the molecule is CC(NCC(C)C1CC1)c1ccc(F)cc1O. The van der Waals surface area contributed by atoms with Crippen molar-refractivity contribution in [3.8, 4) is 5.75 Å². The molecule has 0 heterocycles. The summed E-state index contributed by atoms with van der Waals surface area (Å²) in [7, 11) is 0. The number of aromatic hydroxyl groups is 1. The van der Waals surface area contributed by atoms with Crippen LogP contribution in [-0.4, -0.2) is 11.7 Å². The van der Waals surface area contributed by atoms with Gasteiger partial charge in [-0.3, -0.25) is 0 Å². The number of phenolic OH excluding ortho intramolecular Hbond substituents is 1. The summed E-state index contributed by atoms with van der Waals surface area (Å²) >= 11 is 0. The summed E-state index contributed by atoms with van der Waals surface area (Å²) in [5.74, 6) is 1.19. The van der Waals surface area contributed by atoms with E-state index >= 15 is 0 Å². The van der Waals surface area contributed by atoms with Gasteiger partial charge in [0.05, 0.1) is 0 Å². The van der Waals surface area contributed by atoms with E-state index in [1.54, 1.807) is 6.07 Å². The van der Waals surface area contributed by atoms with Crippen LogP contribution in [0.3, 0.4) is 0 Å². The molecule has 1 aromatic rings. The fraction of sp³-hybridized carbons (Fsp3) is 0.571. The second kappa shape index (κ2) is 5.05. The molecule has 2 N–H and O–H groups in total. The van der Waals surface area contributed by atoms with Crippen LogP contribution in [0.4, 0.5) is 4.39 Å². The van der Waals surface area contributed by atoms with E-state index in [1.165, 1.54) is 18.9 Å². The molecule has 0 aliphatic heterocycles. The summed E-state index contributed by atoms with van der Waals surface area (Å²) in [6.45, 7) is 5.19. The van der Waals surface area contributed by atoms with Crippen molar-refractivity contribution in [2.24, 2.45) is 11.8 Å². The Bertz CT molecular complexity index is 390. The lowest BCUT2D eigenvalue weighted by molar-refractivity contribution is 0.414. The first kappa shape index (κ1) is 12.4. The minimum Gasteiger partial charge on any atom is -0.508 e. The van der Waals surface area contributed by atoms with E-state index in [-0.39, 0.29) is 11.8 Å². The fourth-order valence-electron chi connectivity index (χ4n) is 2.19. The number of nitrogens with one attached hydrogen (secondary N) is 1. The van der Waals surface area contributed by atoms with Crippen LogP contribution in [0.2, 0.25) is 0 Å². The zero-order valence-corrected chi connectivity index (χ0v) is 10.4. The van der Waals surface area contributed by atoms with Gasteiger partial charge in [-0.05, 0) is 44.2 Å². The Labute approximate surface area is 102 Å². The summed E-state index contributed by atoms with van der Waals surface area (Å²) in [6.07, 6.45) is 2.69. The van der Waals surface area contributed by atoms with Gasteiger partial charge in [0.2, 0.25) is 0 Å². The Morgan fingerprint density at radius 2 is 2.12 bits per heavy atom. The van der Waals surface area contributed by atoms with Crippen LogP contribution in [-0.2, 0) is 0 Å². The average molecular weight is 237 g/mol. The van der Waals surface area contributed by atoms with Crippen molar-refractivity contribution in [2.75, 3.05) is 6.54 Å². The molecule has 1 aromatic carbocycles. The molecule has 0 bridgehead atoms. The van der Waals surface area contributed by atoms with Crippen molar-refractivity contribution in [3.63, 3.8) is 0 Å². The fourth-order valence-corrected chi connectivity index (χ4v) is 2.19. The van der Waals surface area contributed by atoms with Crippen molar-refractivity contribution in [1.82, 2.24) is 5.32 Å². The highest BCUT2D eigenvalue weighted by Crippen LogP contribution is 2.36. The Kier molecular flexibility index (Phi) is 3.67. The largest absolute Gasteiger partial charge is 0.508 e. The van der Waals surface area contributed by atoms with E-state index in [9.17, 15) is 9.50 Å². The molecule has 1 aliphatic rings. The van der Waals surface area contributed by atoms with Gasteiger partial charge in [0.1, 0.15) is 11.6 Å². The number of phenols is 1. The topological polar surface area (TPSA) is 32.3 Å². The van der Waals surface area contributed by atoms with Crippen LogP contribution in [0.1, 0.15) is 38.3 Å². The first-order valence-corrected chi connectivity index (χ1v) is 6.29. The van der Waals surface area contributed by atoms with Crippen LogP contribution in [0.25, 0.3) is 0 Å². The van der Waals surface area contributed by atoms with Gasteiger partial charge in [0, 0.05) is 17.7 Å². The van der Waals surface area contributed by atoms with E-state index in [0.717, 1.165) is 24.1 Å². The normalized spacial score (nSPS) is 19.0. The molecule has 1 saturated carbocycles. The maximum absolute atomic E-state index is 12.9. The molecule has 2 atom stereocenters. The molecule has 0 radical (unpaired) electrons. The highest BCUT2D eigenvalue weighted by atomic mass is 19.1. The Balaban J connectivity index is 1.91. The molecule has 2 unspecified atom stereocenters. The van der Waals surface area contributed by atoms with Gasteiger partial charge in [-0.15, -0.1) is 0 Å². The van der Waals surface area contributed by atoms with Crippen LogP contribution in [0.15, 0.2) is 18.2 Å². The molecule has 94 valence electrons. The van der Waals surface area contributed by atoms with Gasteiger partial charge in [-0.1, -0.05) is 13.0 Å². The first-order chi connectivity index (χ1) is 8.08. The monoisotopic (exact) mass is 237 g/mol. The van der Waals surface area contributed by atoms with E-state index in [0.29, 0.717) is 5.92 Å². The maximum atomic E-state index is 12.9. The van der Waals surface area contributed by atoms with Crippen molar-refractivity contribution >= 4 is 0 Å². The van der Waals surface area contributed by atoms with Gasteiger partial charge in [-0.25, -0.2) is 4.39 Å². The molecule has 0 saturated heterocycles. The molecule has 2 rings (SSSR count). The molecule has 1 aliphatic carbocycles. The van der Waals surface area contributed by atoms with Crippen molar-refractivity contribution in [3.05, 3.63) is 29.6 Å². The lowest BCUT2D eigenvalue weighted by Gasteiger charge is -2.18. The molecular weight excluding hydrogens is 217 g/mol. The van der Waals surface area contributed by atoms with Crippen LogP contribution in [0, 0.1) is 17.7 Å². The van der Waals surface area contributed by atoms with Gasteiger partial charge in [0.15, 0.2) is 0 Å². The predicted octanol–water partition coefficient (Wildman–Crippen LogP) is 3.23. The zero-order valence-electron chi connectivity index (χ0n) is 10.4. The maximum Gasteiger partial charge on any atom is 0.126 e. The number of halogens is 1. The average Bonchev–Trinajstić information content (AvgIpc) is 3.09. The van der Waals surface area contributed by atoms with Crippen molar-refractivity contribution in [1.29, 1.82) is 0 Å². The smallest absolute Gasteiger partial charge is 0.126 e. The third-order valence-corrected chi connectivity index (χ3v) is 3.63. The molecule has 0 aromatic heterocycles. The Morgan fingerprint density at radius 3 is 2.71 bits per heavy atom. The van der Waals surface area contributed by atoms with Crippen LogP contribution in [0.5, 0.6) is 5.75 Å². The summed E-state index contributed by atoms with van der Waals surface area (Å²) in [6, 6.07) is 4.25. The van der Waals surface area contributed by atoms with E-state index < -0.39 is 5.82 Å². The summed E-state index contributed by atoms with van der Waals surface area (Å²) in [4.78, 5) is 0. The minimum atomic E-state index is -0.398. The van der Waals surface area contributed by atoms with Gasteiger partial charge >= 0.3 is 0 Å². The first-order valence-electron chi connectivity index (χ1n) is 6.29. The van der Waals surface area contributed by atoms with E-state index in [4.69, 9.17) is 0 Å². The van der Waals surface area contributed by atoms with Crippen molar-refractivity contribution in [2.45, 2.75) is 32.7 Å². The molecule has 0 amide bonds. The predicted molar refractivity (Wildman–Crippen MR) is 66.4 cm³/mol. The lowest BCUT2D eigenvalue weighted by Crippen LogP contribution is -2.25. The van der Waals surface area contributed by atoms with E-state index in [2.05, 4.69) is 12.2 Å². The van der Waals surface area contributed by atoms with Crippen molar-refractivity contribution < 1.29 is 9.50 Å². The van der Waals surface area contributed by atoms with Gasteiger partial charge < -0.3 is 10.4 Å². The summed E-state index contributed by atoms with van der Waals surface area (Å²) in [5.41, 5.74) is 0.759. The number of hydrogen-bond acceptors (Lipinski definition) is 2. The van der Waals surface area contributed by atoms with Crippen LogP contribution >= 0.6 is 0 Å². The van der Waals surface area contributed by atoms with Gasteiger partial charge in [0.25, 0.3) is 0 Å². The molecule has 0 spiro atoms. The number of hydrogen-bond donors (Lipinski definition) is 2. The van der Waals surface area contributed by atoms with E-state index in [1.807, 2.05) is 6.92 Å². The summed E-state index contributed by atoms with van der Waals surface area (Å²) in [5, 5.41) is 13.1. The third kappa shape index (κ3) is 3.19. The second-order valence-corrected chi connectivity index (χ2v) is 5.15. The molecule has 1 fully saturated rings. The van der Waals surface area contributed by atoms with Gasteiger partial charge in [-0.2, -0.15) is 0 Å². The molecule has 2 nitrogen and oxygen atoms in total. The standard InChI is InChI=1S/C14H20FNO/c1-9(11-3-4-11)8-16-10(2)13-6-5-12(15)7-14(13)17/h5-7,9-11,16-17H,3-4,8H2,1-2H3. The second-order valence-electron chi connectivity index (χ2n) is 5.15. The lowest BCUT2D eigenvalue weighted by atomic mass is 10.0. The highest BCUT2D eigenvalue weighted by Gasteiger charge is 2.27. The van der Waals surface area contributed by atoms with Crippen LogP contribution < -0.4 is 5.32 Å². The highest BCUT2D eigenvalue weighted by molar-refractivity contribution is 5.34.